The van der Waals surface area contributed by atoms with Gasteiger partial charge in [-0.15, -0.1) is 11.8 Å². The first-order valence-electron chi connectivity index (χ1n) is 6.91. The van der Waals surface area contributed by atoms with Gasteiger partial charge in [-0.25, -0.2) is 0 Å². The highest BCUT2D eigenvalue weighted by molar-refractivity contribution is 8.00. The molecule has 19 heavy (non-hydrogen) atoms. The van der Waals surface area contributed by atoms with Crippen LogP contribution in [-0.2, 0) is 9.59 Å². The van der Waals surface area contributed by atoms with E-state index in [9.17, 15) is 9.59 Å². The molecule has 4 N–H and O–H groups in total. The second-order valence-electron chi connectivity index (χ2n) is 5.09. The van der Waals surface area contributed by atoms with Crippen LogP contribution in [0.4, 0.5) is 0 Å². The molecule has 110 valence electrons. The number of carboxylic acid groups (broad SMARTS) is 1. The monoisotopic (exact) mass is 288 g/mol. The van der Waals surface area contributed by atoms with Crippen molar-refractivity contribution >= 4 is 23.6 Å². The number of aliphatic carboxylic acids is 1. The van der Waals surface area contributed by atoms with Crippen LogP contribution in [0.1, 0.15) is 45.4 Å². The molecule has 0 bridgehead atoms. The zero-order valence-electron chi connectivity index (χ0n) is 11.4. The zero-order chi connectivity index (χ0) is 14.3. The maximum atomic E-state index is 11.9. The summed E-state index contributed by atoms with van der Waals surface area (Å²) in [5.74, 6) is -0.340. The predicted octanol–water partition coefficient (Wildman–Crippen LogP) is 1.36. The molecular weight excluding hydrogens is 264 g/mol. The number of nitrogens with two attached hydrogens (primary N) is 1. The summed E-state index contributed by atoms with van der Waals surface area (Å²) < 4.78 is 0. The average Bonchev–Trinajstić information content (AvgIpc) is 2.39. The van der Waals surface area contributed by atoms with Gasteiger partial charge in [-0.2, -0.15) is 0 Å². The van der Waals surface area contributed by atoms with Crippen LogP contribution >= 0.6 is 11.8 Å². The largest absolute Gasteiger partial charge is 0.480 e. The summed E-state index contributed by atoms with van der Waals surface area (Å²) >= 11 is 1.46. The standard InChI is InChI=1S/C13H24N2O3S/c1-9(19-8-7-11(14)13(17)18)12(16)15-10-5-3-2-4-6-10/h9-11H,2-8,14H2,1H3,(H,15,16)(H,17,18). The highest BCUT2D eigenvalue weighted by atomic mass is 32.2. The van der Waals surface area contributed by atoms with E-state index >= 15 is 0 Å². The minimum Gasteiger partial charge on any atom is -0.480 e. The van der Waals surface area contributed by atoms with Gasteiger partial charge in [0.1, 0.15) is 6.04 Å². The Morgan fingerprint density at radius 3 is 2.58 bits per heavy atom. The van der Waals surface area contributed by atoms with Gasteiger partial charge in [-0.3, -0.25) is 9.59 Å². The maximum absolute atomic E-state index is 11.9. The molecule has 1 rings (SSSR count). The smallest absolute Gasteiger partial charge is 0.320 e. The lowest BCUT2D eigenvalue weighted by atomic mass is 9.95. The number of amides is 1. The number of carboxylic acids is 1. The normalized spacial score (nSPS) is 19.7. The van der Waals surface area contributed by atoms with Gasteiger partial charge in [0, 0.05) is 6.04 Å². The zero-order valence-corrected chi connectivity index (χ0v) is 12.2. The molecular formula is C13H24N2O3S. The van der Waals surface area contributed by atoms with E-state index in [1.807, 2.05) is 6.92 Å². The Balaban J connectivity index is 2.19. The first-order valence-corrected chi connectivity index (χ1v) is 7.96. The fraction of sp³-hybridized carbons (Fsp3) is 0.846. The van der Waals surface area contributed by atoms with Crippen LogP contribution in [0.25, 0.3) is 0 Å². The topological polar surface area (TPSA) is 92.4 Å². The molecule has 0 aliphatic heterocycles. The van der Waals surface area contributed by atoms with E-state index in [4.69, 9.17) is 10.8 Å². The van der Waals surface area contributed by atoms with Crippen molar-refractivity contribution in [3.63, 3.8) is 0 Å². The lowest BCUT2D eigenvalue weighted by Crippen LogP contribution is -2.40. The van der Waals surface area contributed by atoms with Crippen LogP contribution in [0.2, 0.25) is 0 Å². The van der Waals surface area contributed by atoms with Crippen molar-refractivity contribution in [1.29, 1.82) is 0 Å². The number of hydrogen-bond donors (Lipinski definition) is 3. The molecule has 1 saturated carbocycles. The minimum atomic E-state index is -0.986. The van der Waals surface area contributed by atoms with E-state index in [0.717, 1.165) is 12.8 Å². The Morgan fingerprint density at radius 2 is 2.00 bits per heavy atom. The van der Waals surface area contributed by atoms with E-state index in [-0.39, 0.29) is 11.2 Å². The maximum Gasteiger partial charge on any atom is 0.320 e. The average molecular weight is 288 g/mol. The fourth-order valence-electron chi connectivity index (χ4n) is 2.14. The molecule has 0 aromatic heterocycles. The molecule has 0 aromatic rings. The van der Waals surface area contributed by atoms with Crippen molar-refractivity contribution in [3.8, 4) is 0 Å². The Bertz CT molecular complexity index is 306. The van der Waals surface area contributed by atoms with Crippen molar-refractivity contribution in [2.75, 3.05) is 5.75 Å². The van der Waals surface area contributed by atoms with Gasteiger partial charge in [0.2, 0.25) is 5.91 Å². The molecule has 6 heteroatoms. The Labute approximate surface area is 118 Å². The number of carbonyl (C=O) groups excluding carboxylic acids is 1. The third-order valence-corrected chi connectivity index (χ3v) is 4.62. The van der Waals surface area contributed by atoms with Crippen molar-refractivity contribution in [2.24, 2.45) is 5.73 Å². The summed E-state index contributed by atoms with van der Waals surface area (Å²) in [5, 5.41) is 11.6. The van der Waals surface area contributed by atoms with E-state index in [0.29, 0.717) is 18.2 Å². The van der Waals surface area contributed by atoms with E-state index in [1.165, 1.54) is 31.0 Å². The van der Waals surface area contributed by atoms with Crippen LogP contribution in [0.3, 0.4) is 0 Å². The van der Waals surface area contributed by atoms with E-state index in [1.54, 1.807) is 0 Å². The van der Waals surface area contributed by atoms with E-state index < -0.39 is 12.0 Å². The van der Waals surface area contributed by atoms with Crippen molar-refractivity contribution in [1.82, 2.24) is 5.32 Å². The van der Waals surface area contributed by atoms with Crippen molar-refractivity contribution in [3.05, 3.63) is 0 Å². The Kier molecular flexibility index (Phi) is 7.23. The molecule has 1 fully saturated rings. The fourth-order valence-corrected chi connectivity index (χ4v) is 3.10. The van der Waals surface area contributed by atoms with Gasteiger partial charge in [-0.1, -0.05) is 19.3 Å². The molecule has 0 saturated heterocycles. The SMILES string of the molecule is CC(SCCC(N)C(=O)O)C(=O)NC1CCCCC1. The predicted molar refractivity (Wildman–Crippen MR) is 77.2 cm³/mol. The van der Waals surface area contributed by atoms with Crippen LogP contribution < -0.4 is 11.1 Å². The van der Waals surface area contributed by atoms with Crippen LogP contribution in [0.15, 0.2) is 0 Å². The summed E-state index contributed by atoms with van der Waals surface area (Å²) in [6.45, 7) is 1.86. The minimum absolute atomic E-state index is 0.0563. The van der Waals surface area contributed by atoms with Gasteiger partial charge < -0.3 is 16.2 Å². The lowest BCUT2D eigenvalue weighted by molar-refractivity contribution is -0.138. The third kappa shape index (κ3) is 6.29. The van der Waals surface area contributed by atoms with Gasteiger partial charge in [0.25, 0.3) is 0 Å². The first kappa shape index (κ1) is 16.3. The van der Waals surface area contributed by atoms with Gasteiger partial charge >= 0.3 is 5.97 Å². The van der Waals surface area contributed by atoms with E-state index in [2.05, 4.69) is 5.32 Å². The Hall–Kier alpha value is -0.750. The van der Waals surface area contributed by atoms with Crippen LogP contribution in [0.5, 0.6) is 0 Å². The Morgan fingerprint density at radius 1 is 1.37 bits per heavy atom. The number of nitrogens with one attached hydrogen (secondary N) is 1. The number of rotatable bonds is 7. The number of hydrogen-bond acceptors (Lipinski definition) is 4. The molecule has 0 heterocycles. The third-order valence-electron chi connectivity index (χ3n) is 3.43. The van der Waals surface area contributed by atoms with Gasteiger partial charge in [0.05, 0.1) is 5.25 Å². The molecule has 1 amide bonds. The molecule has 2 unspecified atom stereocenters. The van der Waals surface area contributed by atoms with Gasteiger partial charge in [-0.05, 0) is 31.9 Å². The quantitative estimate of drug-likeness (QED) is 0.658. The first-order chi connectivity index (χ1) is 9.00. The molecule has 1 aliphatic carbocycles. The molecule has 2 atom stereocenters. The second-order valence-corrected chi connectivity index (χ2v) is 6.54. The summed E-state index contributed by atoms with van der Waals surface area (Å²) in [5.41, 5.74) is 5.41. The molecule has 1 aliphatic rings. The molecule has 0 spiro atoms. The van der Waals surface area contributed by atoms with Crippen molar-refractivity contribution < 1.29 is 14.7 Å². The number of thioether (sulfide) groups is 1. The highest BCUT2D eigenvalue weighted by Gasteiger charge is 2.20. The molecule has 0 aromatic carbocycles. The summed E-state index contributed by atoms with van der Waals surface area (Å²) in [7, 11) is 0. The van der Waals surface area contributed by atoms with Crippen LogP contribution in [0, 0.1) is 0 Å². The lowest BCUT2D eigenvalue weighted by Gasteiger charge is -2.24. The summed E-state index contributed by atoms with van der Waals surface area (Å²) in [6, 6.07) is -0.508. The van der Waals surface area contributed by atoms with Crippen LogP contribution in [-0.4, -0.2) is 40.1 Å². The molecule has 0 radical (unpaired) electrons. The summed E-state index contributed by atoms with van der Waals surface area (Å²) in [6.07, 6.45) is 6.20. The second kappa shape index (κ2) is 8.43. The highest BCUT2D eigenvalue weighted by Crippen LogP contribution is 2.19. The summed E-state index contributed by atoms with van der Waals surface area (Å²) in [4.78, 5) is 22.5. The molecule has 5 nitrogen and oxygen atoms in total. The van der Waals surface area contributed by atoms with Crippen molar-refractivity contribution in [2.45, 2.75) is 62.8 Å². The van der Waals surface area contributed by atoms with Gasteiger partial charge in [0.15, 0.2) is 0 Å². The number of carbonyl (C=O) groups is 2.